The topological polar surface area (TPSA) is 96.2 Å². The molecule has 1 saturated heterocycles. The van der Waals surface area contributed by atoms with E-state index >= 15 is 0 Å². The molecule has 8 heteroatoms. The largest absolute Gasteiger partial charge is 0.394 e. The van der Waals surface area contributed by atoms with Crippen LogP contribution in [0.15, 0.2) is 18.2 Å². The zero-order valence-electron chi connectivity index (χ0n) is 15.7. The van der Waals surface area contributed by atoms with Gasteiger partial charge in [0.2, 0.25) is 0 Å². The molecule has 1 aliphatic heterocycles. The molecule has 2 heterocycles. The summed E-state index contributed by atoms with van der Waals surface area (Å²) in [5.41, 5.74) is 3.06. The molecule has 2 N–H and O–H groups in total. The number of hydrogen-bond donors (Lipinski definition) is 2. The standard InChI is InChI=1S/C18H26N6O2/c1-11(2)19-18(26)23-14(10-25)8-9-15(23)17-20-21-22-24(17)16-12(3)6-5-7-13(16)4/h5-7,11,14-15,25H,8-10H2,1-4H3,(H,19,26)/t14-,15-/m0/s1. The van der Waals surface area contributed by atoms with Gasteiger partial charge in [0.05, 0.1) is 24.4 Å². The highest BCUT2D eigenvalue weighted by molar-refractivity contribution is 5.75. The van der Waals surface area contributed by atoms with Crippen molar-refractivity contribution in [2.75, 3.05) is 6.61 Å². The van der Waals surface area contributed by atoms with Gasteiger partial charge >= 0.3 is 6.03 Å². The molecule has 0 aliphatic carbocycles. The maximum Gasteiger partial charge on any atom is 0.318 e. The normalized spacial score (nSPS) is 20.0. The number of aliphatic hydroxyl groups excluding tert-OH is 1. The van der Waals surface area contributed by atoms with Crippen LogP contribution in [0.2, 0.25) is 0 Å². The maximum absolute atomic E-state index is 12.7. The molecule has 140 valence electrons. The van der Waals surface area contributed by atoms with Gasteiger partial charge in [0.25, 0.3) is 0 Å². The number of amides is 2. The third-order valence-electron chi connectivity index (χ3n) is 4.80. The Balaban J connectivity index is 2.01. The summed E-state index contributed by atoms with van der Waals surface area (Å²) in [6, 6.07) is 5.33. The van der Waals surface area contributed by atoms with Crippen molar-refractivity contribution in [2.45, 2.75) is 58.7 Å². The molecule has 0 saturated carbocycles. The lowest BCUT2D eigenvalue weighted by molar-refractivity contribution is 0.133. The number of aliphatic hydroxyl groups is 1. The van der Waals surface area contributed by atoms with Crippen LogP contribution in [0.25, 0.3) is 5.69 Å². The Morgan fingerprint density at radius 3 is 2.62 bits per heavy atom. The molecular weight excluding hydrogens is 332 g/mol. The molecular formula is C18H26N6O2. The van der Waals surface area contributed by atoms with E-state index in [1.807, 2.05) is 45.9 Å². The first-order valence-electron chi connectivity index (χ1n) is 8.98. The van der Waals surface area contributed by atoms with E-state index < -0.39 is 0 Å². The first-order valence-corrected chi connectivity index (χ1v) is 8.98. The van der Waals surface area contributed by atoms with Gasteiger partial charge in [-0.15, -0.1) is 5.10 Å². The smallest absolute Gasteiger partial charge is 0.318 e. The Labute approximate surface area is 153 Å². The molecule has 1 fully saturated rings. The first kappa shape index (κ1) is 18.3. The van der Waals surface area contributed by atoms with Gasteiger partial charge in [0.15, 0.2) is 5.82 Å². The fourth-order valence-electron chi connectivity index (χ4n) is 3.65. The minimum atomic E-state index is -0.278. The minimum Gasteiger partial charge on any atom is -0.394 e. The van der Waals surface area contributed by atoms with Crippen LogP contribution in [0.1, 0.15) is 49.7 Å². The lowest BCUT2D eigenvalue weighted by Crippen LogP contribution is -2.47. The van der Waals surface area contributed by atoms with Crippen molar-refractivity contribution in [1.29, 1.82) is 0 Å². The summed E-state index contributed by atoms with van der Waals surface area (Å²) < 4.78 is 1.73. The zero-order valence-corrected chi connectivity index (χ0v) is 15.7. The summed E-state index contributed by atoms with van der Waals surface area (Å²) in [6.45, 7) is 7.78. The summed E-state index contributed by atoms with van der Waals surface area (Å²) in [5, 5.41) is 25.0. The van der Waals surface area contributed by atoms with Crippen LogP contribution >= 0.6 is 0 Å². The Kier molecular flexibility index (Phi) is 5.22. The predicted octanol–water partition coefficient (Wildman–Crippen LogP) is 1.89. The molecule has 1 aromatic heterocycles. The summed E-state index contributed by atoms with van der Waals surface area (Å²) in [7, 11) is 0. The molecule has 0 spiro atoms. The number of para-hydroxylation sites is 1. The zero-order chi connectivity index (χ0) is 18.8. The van der Waals surface area contributed by atoms with E-state index in [4.69, 9.17) is 0 Å². The van der Waals surface area contributed by atoms with E-state index in [1.165, 1.54) is 0 Å². The average molecular weight is 358 g/mol. The van der Waals surface area contributed by atoms with Gasteiger partial charge < -0.3 is 15.3 Å². The Morgan fingerprint density at radius 2 is 2.00 bits per heavy atom. The molecule has 0 bridgehead atoms. The predicted molar refractivity (Wildman–Crippen MR) is 97.0 cm³/mol. The third-order valence-corrected chi connectivity index (χ3v) is 4.80. The molecule has 8 nitrogen and oxygen atoms in total. The number of benzene rings is 1. The van der Waals surface area contributed by atoms with Crippen LogP contribution in [-0.4, -0.2) is 54.9 Å². The summed E-state index contributed by atoms with van der Waals surface area (Å²) in [4.78, 5) is 14.4. The van der Waals surface area contributed by atoms with Crippen molar-refractivity contribution in [2.24, 2.45) is 0 Å². The van der Waals surface area contributed by atoms with Crippen LogP contribution in [-0.2, 0) is 0 Å². The molecule has 0 unspecified atom stereocenters. The highest BCUT2D eigenvalue weighted by atomic mass is 16.3. The lowest BCUT2D eigenvalue weighted by atomic mass is 10.1. The van der Waals surface area contributed by atoms with Crippen LogP contribution in [0.3, 0.4) is 0 Å². The molecule has 2 atom stereocenters. The van der Waals surface area contributed by atoms with E-state index in [1.54, 1.807) is 9.58 Å². The summed E-state index contributed by atoms with van der Waals surface area (Å²) in [5.74, 6) is 0.622. The van der Waals surface area contributed by atoms with Crippen molar-refractivity contribution >= 4 is 6.03 Å². The van der Waals surface area contributed by atoms with Crippen molar-refractivity contribution in [3.05, 3.63) is 35.2 Å². The van der Waals surface area contributed by atoms with Crippen molar-refractivity contribution in [1.82, 2.24) is 30.4 Å². The van der Waals surface area contributed by atoms with Crippen LogP contribution in [0.4, 0.5) is 4.79 Å². The van der Waals surface area contributed by atoms with Gasteiger partial charge in [-0.05, 0) is 62.1 Å². The number of hydrogen-bond acceptors (Lipinski definition) is 5. The van der Waals surface area contributed by atoms with Gasteiger partial charge in [-0.3, -0.25) is 0 Å². The van der Waals surface area contributed by atoms with Crippen molar-refractivity contribution in [3.8, 4) is 5.69 Å². The van der Waals surface area contributed by atoms with Crippen LogP contribution in [0, 0.1) is 13.8 Å². The third kappa shape index (κ3) is 3.29. The van der Waals surface area contributed by atoms with E-state index in [0.29, 0.717) is 18.7 Å². The first-order chi connectivity index (χ1) is 12.4. The van der Waals surface area contributed by atoms with E-state index in [9.17, 15) is 9.90 Å². The SMILES string of the molecule is Cc1cccc(C)c1-n1nnnc1[C@@H]1CC[C@@H](CO)N1C(=O)NC(C)C. The van der Waals surface area contributed by atoms with Crippen molar-refractivity contribution in [3.63, 3.8) is 0 Å². The van der Waals surface area contributed by atoms with E-state index in [-0.39, 0.29) is 30.8 Å². The molecule has 3 rings (SSSR count). The van der Waals surface area contributed by atoms with Gasteiger partial charge in [-0.1, -0.05) is 18.2 Å². The number of nitrogens with zero attached hydrogens (tertiary/aromatic N) is 5. The number of nitrogens with one attached hydrogen (secondary N) is 1. The Bertz CT molecular complexity index is 767. The van der Waals surface area contributed by atoms with Gasteiger partial charge in [0, 0.05) is 6.04 Å². The van der Waals surface area contributed by atoms with Gasteiger partial charge in [0.1, 0.15) is 0 Å². The molecule has 1 aliphatic rings. The Hall–Kier alpha value is -2.48. The quantitative estimate of drug-likeness (QED) is 0.870. The second kappa shape index (κ2) is 7.41. The number of aryl methyl sites for hydroxylation is 2. The second-order valence-electron chi connectivity index (χ2n) is 7.13. The number of carbonyl (C=O) groups excluding carboxylic acids is 1. The number of aromatic nitrogens is 4. The second-order valence-corrected chi connectivity index (χ2v) is 7.13. The molecule has 2 amide bonds. The van der Waals surface area contributed by atoms with Gasteiger partial charge in [-0.2, -0.15) is 4.68 Å². The van der Waals surface area contributed by atoms with Crippen LogP contribution in [0.5, 0.6) is 0 Å². The fourth-order valence-corrected chi connectivity index (χ4v) is 3.65. The van der Waals surface area contributed by atoms with E-state index in [2.05, 4.69) is 20.8 Å². The minimum absolute atomic E-state index is 0.0118. The highest BCUT2D eigenvalue weighted by Crippen LogP contribution is 2.36. The Morgan fingerprint density at radius 1 is 1.31 bits per heavy atom. The highest BCUT2D eigenvalue weighted by Gasteiger charge is 2.40. The van der Waals surface area contributed by atoms with E-state index in [0.717, 1.165) is 16.8 Å². The molecule has 2 aromatic rings. The molecule has 1 aromatic carbocycles. The van der Waals surface area contributed by atoms with Crippen LogP contribution < -0.4 is 5.32 Å². The molecule has 26 heavy (non-hydrogen) atoms. The fraction of sp³-hybridized carbons (Fsp3) is 0.556. The molecule has 0 radical (unpaired) electrons. The number of tetrazole rings is 1. The number of urea groups is 1. The maximum atomic E-state index is 12.7. The van der Waals surface area contributed by atoms with Gasteiger partial charge in [-0.25, -0.2) is 4.79 Å². The number of likely N-dealkylation sites (tertiary alicyclic amines) is 1. The summed E-state index contributed by atoms with van der Waals surface area (Å²) >= 11 is 0. The number of carbonyl (C=O) groups is 1. The van der Waals surface area contributed by atoms with Crippen molar-refractivity contribution < 1.29 is 9.90 Å². The summed E-state index contributed by atoms with van der Waals surface area (Å²) in [6.07, 6.45) is 1.42. The number of rotatable bonds is 4. The monoisotopic (exact) mass is 358 g/mol. The lowest BCUT2D eigenvalue weighted by Gasteiger charge is -2.30. The average Bonchev–Trinajstić information content (AvgIpc) is 3.19.